The molecule has 25 heavy (non-hydrogen) atoms. The Balaban J connectivity index is 1.71. The number of thiazole rings is 1. The first-order valence-electron chi connectivity index (χ1n) is 9.77. The normalized spacial score (nSPS) is 17.2. The molecule has 0 aliphatic carbocycles. The van der Waals surface area contributed by atoms with Gasteiger partial charge in [0.1, 0.15) is 0 Å². The van der Waals surface area contributed by atoms with Crippen molar-refractivity contribution in [3.05, 3.63) is 16.1 Å². The number of guanidine groups is 1. The summed E-state index contributed by atoms with van der Waals surface area (Å²) in [6.07, 6.45) is 3.86. The lowest BCUT2D eigenvalue weighted by Crippen LogP contribution is -2.39. The molecule has 6 heteroatoms. The molecule has 1 aliphatic rings. The molecule has 0 saturated carbocycles. The summed E-state index contributed by atoms with van der Waals surface area (Å²) in [5, 5.41) is 10.1. The standard InChI is InChI=1S/C19H35N5S/c1-5-20-19(22-13-17-14-25-18(23-17)15(2)3)21-9-6-10-24-11-7-16(4)8-12-24/h14-16H,5-13H2,1-4H3,(H2,20,21,22). The van der Waals surface area contributed by atoms with Gasteiger partial charge >= 0.3 is 0 Å². The number of aliphatic imine (C=N–C) groups is 1. The monoisotopic (exact) mass is 365 g/mol. The number of piperidine rings is 1. The first kappa shape index (κ1) is 20.2. The Morgan fingerprint density at radius 2 is 2.12 bits per heavy atom. The summed E-state index contributed by atoms with van der Waals surface area (Å²) in [6, 6.07) is 0. The van der Waals surface area contributed by atoms with Crippen LogP contribution >= 0.6 is 11.3 Å². The van der Waals surface area contributed by atoms with Gasteiger partial charge in [0.15, 0.2) is 5.96 Å². The third kappa shape index (κ3) is 7.32. The lowest BCUT2D eigenvalue weighted by molar-refractivity contribution is 0.191. The molecule has 1 aromatic rings. The topological polar surface area (TPSA) is 52.6 Å². The van der Waals surface area contributed by atoms with Crippen molar-refractivity contribution in [1.82, 2.24) is 20.5 Å². The van der Waals surface area contributed by atoms with Crippen molar-refractivity contribution < 1.29 is 0 Å². The average molecular weight is 366 g/mol. The average Bonchev–Trinajstić information content (AvgIpc) is 3.07. The summed E-state index contributed by atoms with van der Waals surface area (Å²) in [5.41, 5.74) is 1.06. The summed E-state index contributed by atoms with van der Waals surface area (Å²) < 4.78 is 0. The van der Waals surface area contributed by atoms with Crippen molar-refractivity contribution in [1.29, 1.82) is 0 Å². The number of hydrogen-bond acceptors (Lipinski definition) is 4. The van der Waals surface area contributed by atoms with E-state index in [0.717, 1.165) is 37.1 Å². The predicted molar refractivity (Wildman–Crippen MR) is 108 cm³/mol. The van der Waals surface area contributed by atoms with Crippen molar-refractivity contribution in [3.63, 3.8) is 0 Å². The van der Waals surface area contributed by atoms with Gasteiger partial charge < -0.3 is 15.5 Å². The van der Waals surface area contributed by atoms with Gasteiger partial charge in [0.25, 0.3) is 0 Å². The van der Waals surface area contributed by atoms with E-state index in [1.54, 1.807) is 11.3 Å². The Morgan fingerprint density at radius 1 is 1.36 bits per heavy atom. The van der Waals surface area contributed by atoms with Crippen LogP contribution in [0.15, 0.2) is 10.4 Å². The molecule has 0 unspecified atom stereocenters. The van der Waals surface area contributed by atoms with Crippen molar-refractivity contribution in [2.75, 3.05) is 32.7 Å². The van der Waals surface area contributed by atoms with Crippen LogP contribution in [0.25, 0.3) is 0 Å². The Labute approximate surface area is 157 Å². The van der Waals surface area contributed by atoms with Crippen LogP contribution in [0.4, 0.5) is 0 Å². The van der Waals surface area contributed by atoms with Gasteiger partial charge in [-0.25, -0.2) is 9.98 Å². The molecule has 0 spiro atoms. The molecule has 2 N–H and O–H groups in total. The molecule has 0 radical (unpaired) electrons. The Bertz CT molecular complexity index is 518. The minimum Gasteiger partial charge on any atom is -0.357 e. The number of aromatic nitrogens is 1. The van der Waals surface area contributed by atoms with Gasteiger partial charge in [-0.05, 0) is 51.7 Å². The summed E-state index contributed by atoms with van der Waals surface area (Å²) >= 11 is 1.73. The SMILES string of the molecule is CCNC(=NCc1csc(C(C)C)n1)NCCCN1CCC(C)CC1. The van der Waals surface area contributed by atoms with Gasteiger partial charge in [0.05, 0.1) is 17.2 Å². The zero-order valence-electron chi connectivity index (χ0n) is 16.3. The molecule has 0 atom stereocenters. The second kappa shape index (κ2) is 10.8. The fourth-order valence-electron chi connectivity index (χ4n) is 2.96. The van der Waals surface area contributed by atoms with Crippen LogP contribution < -0.4 is 10.6 Å². The van der Waals surface area contributed by atoms with Crippen LogP contribution in [0.3, 0.4) is 0 Å². The van der Waals surface area contributed by atoms with E-state index in [1.165, 1.54) is 37.5 Å². The maximum atomic E-state index is 4.68. The first-order chi connectivity index (χ1) is 12.1. The number of nitrogens with zero attached hydrogens (tertiary/aromatic N) is 3. The third-order valence-corrected chi connectivity index (χ3v) is 5.82. The third-order valence-electron chi connectivity index (χ3n) is 4.63. The molecule has 5 nitrogen and oxygen atoms in total. The van der Waals surface area contributed by atoms with Crippen LogP contribution in [0, 0.1) is 5.92 Å². The number of hydrogen-bond donors (Lipinski definition) is 2. The minimum atomic E-state index is 0.492. The molecule has 0 amide bonds. The van der Waals surface area contributed by atoms with Crippen molar-refractivity contribution in [2.24, 2.45) is 10.9 Å². The molecule has 0 aromatic carbocycles. The second-order valence-corrected chi connectivity index (χ2v) is 8.22. The summed E-state index contributed by atoms with van der Waals surface area (Å²) in [7, 11) is 0. The molecule has 2 heterocycles. The van der Waals surface area contributed by atoms with Gasteiger partial charge in [-0.15, -0.1) is 11.3 Å². The van der Waals surface area contributed by atoms with Crippen LogP contribution in [-0.4, -0.2) is 48.6 Å². The molecule has 1 fully saturated rings. The lowest BCUT2D eigenvalue weighted by atomic mass is 9.99. The van der Waals surface area contributed by atoms with Gasteiger partial charge in [-0.2, -0.15) is 0 Å². The van der Waals surface area contributed by atoms with Crippen molar-refractivity contribution in [3.8, 4) is 0 Å². The predicted octanol–water partition coefficient (Wildman–Crippen LogP) is 3.44. The lowest BCUT2D eigenvalue weighted by Gasteiger charge is -2.30. The highest BCUT2D eigenvalue weighted by atomic mass is 32.1. The van der Waals surface area contributed by atoms with Gasteiger partial charge in [0, 0.05) is 24.4 Å². The van der Waals surface area contributed by atoms with Crippen LogP contribution in [-0.2, 0) is 6.54 Å². The quantitative estimate of drug-likeness (QED) is 0.421. The van der Waals surface area contributed by atoms with Crippen LogP contribution in [0.2, 0.25) is 0 Å². The summed E-state index contributed by atoms with van der Waals surface area (Å²) in [5.74, 6) is 2.30. The molecular weight excluding hydrogens is 330 g/mol. The van der Waals surface area contributed by atoms with E-state index >= 15 is 0 Å². The fourth-order valence-corrected chi connectivity index (χ4v) is 3.78. The fraction of sp³-hybridized carbons (Fsp3) is 0.789. The minimum absolute atomic E-state index is 0.492. The molecule has 2 rings (SSSR count). The number of likely N-dealkylation sites (tertiary alicyclic amines) is 1. The van der Waals surface area contributed by atoms with Gasteiger partial charge in [-0.1, -0.05) is 20.8 Å². The highest BCUT2D eigenvalue weighted by molar-refractivity contribution is 7.09. The molecule has 1 aliphatic heterocycles. The highest BCUT2D eigenvalue weighted by Gasteiger charge is 2.14. The largest absolute Gasteiger partial charge is 0.357 e. The van der Waals surface area contributed by atoms with E-state index in [2.05, 4.69) is 58.6 Å². The van der Waals surface area contributed by atoms with Crippen LogP contribution in [0.1, 0.15) is 63.6 Å². The van der Waals surface area contributed by atoms with Crippen LogP contribution in [0.5, 0.6) is 0 Å². The number of rotatable bonds is 8. The molecule has 142 valence electrons. The molecular formula is C19H35N5S. The Hall–Kier alpha value is -1.14. The number of nitrogens with one attached hydrogen (secondary N) is 2. The van der Waals surface area contributed by atoms with E-state index in [-0.39, 0.29) is 0 Å². The highest BCUT2D eigenvalue weighted by Crippen LogP contribution is 2.19. The molecule has 1 aromatic heterocycles. The van der Waals surface area contributed by atoms with E-state index in [1.807, 2.05) is 0 Å². The Morgan fingerprint density at radius 3 is 2.76 bits per heavy atom. The maximum absolute atomic E-state index is 4.68. The first-order valence-corrected chi connectivity index (χ1v) is 10.6. The Kier molecular flexibility index (Phi) is 8.68. The second-order valence-electron chi connectivity index (χ2n) is 7.33. The van der Waals surface area contributed by atoms with E-state index < -0.39 is 0 Å². The zero-order valence-corrected chi connectivity index (χ0v) is 17.2. The van der Waals surface area contributed by atoms with E-state index in [9.17, 15) is 0 Å². The van der Waals surface area contributed by atoms with Gasteiger partial charge in [-0.3, -0.25) is 0 Å². The van der Waals surface area contributed by atoms with E-state index in [4.69, 9.17) is 0 Å². The van der Waals surface area contributed by atoms with E-state index in [0.29, 0.717) is 12.5 Å². The summed E-state index contributed by atoms with van der Waals surface area (Å²) in [4.78, 5) is 11.9. The smallest absolute Gasteiger partial charge is 0.191 e. The van der Waals surface area contributed by atoms with Gasteiger partial charge in [0.2, 0.25) is 0 Å². The van der Waals surface area contributed by atoms with Crippen molar-refractivity contribution in [2.45, 2.75) is 59.4 Å². The summed E-state index contributed by atoms with van der Waals surface area (Å²) in [6.45, 7) is 15.0. The zero-order chi connectivity index (χ0) is 18.1. The van der Waals surface area contributed by atoms with Crippen molar-refractivity contribution >= 4 is 17.3 Å². The molecule has 0 bridgehead atoms. The molecule has 1 saturated heterocycles. The maximum Gasteiger partial charge on any atom is 0.191 e.